The van der Waals surface area contributed by atoms with Crippen molar-refractivity contribution in [2.45, 2.75) is 13.3 Å². The molecule has 0 radical (unpaired) electrons. The van der Waals surface area contributed by atoms with Crippen LogP contribution in [-0.4, -0.2) is 19.3 Å². The molecule has 0 saturated carbocycles. The molecule has 0 bridgehead atoms. The summed E-state index contributed by atoms with van der Waals surface area (Å²) in [5.74, 6) is 0. The van der Waals surface area contributed by atoms with Crippen LogP contribution in [0.15, 0.2) is 4.99 Å². The number of nitrogens with zero attached hydrogens (tertiary/aromatic N) is 1. The highest BCUT2D eigenvalue weighted by Crippen LogP contribution is 1.72. The third-order valence-corrected chi connectivity index (χ3v) is 0.674. The van der Waals surface area contributed by atoms with Crippen LogP contribution in [0.5, 0.6) is 0 Å². The van der Waals surface area contributed by atoms with Gasteiger partial charge in [0.2, 0.25) is 0 Å². The minimum atomic E-state index is 0.747. The molecule has 2 N–H and O–H groups in total. The minimum absolute atomic E-state index is 0.747. The van der Waals surface area contributed by atoms with Crippen LogP contribution in [0.4, 0.5) is 0 Å². The van der Waals surface area contributed by atoms with Crippen molar-refractivity contribution in [3.8, 4) is 0 Å². The minimum Gasteiger partial charge on any atom is -0.330 e. The van der Waals surface area contributed by atoms with Crippen molar-refractivity contribution in [1.82, 2.24) is 0 Å². The molecule has 0 saturated heterocycles. The van der Waals surface area contributed by atoms with Crippen LogP contribution in [0.1, 0.15) is 13.3 Å². The lowest BCUT2D eigenvalue weighted by Crippen LogP contribution is -1.99. The number of nitrogens with two attached hydrogens (primary N) is 1. The molecule has 0 rings (SSSR count). The van der Waals surface area contributed by atoms with Crippen molar-refractivity contribution in [2.24, 2.45) is 10.7 Å². The normalized spacial score (nSPS) is 10.6. The Morgan fingerprint density at radius 2 is 2.43 bits per heavy atom. The first-order chi connectivity index (χ1) is 3.41. The maximum Gasteiger partial charge on any atom is 0.0397 e. The Labute approximate surface area is 44.4 Å². The summed E-state index contributed by atoms with van der Waals surface area (Å²) in [6, 6.07) is 0. The average Bonchev–Trinajstić information content (AvgIpc) is 1.69. The van der Waals surface area contributed by atoms with Gasteiger partial charge >= 0.3 is 0 Å². The van der Waals surface area contributed by atoms with E-state index in [1.807, 2.05) is 6.92 Å². The van der Waals surface area contributed by atoms with Gasteiger partial charge < -0.3 is 5.73 Å². The average molecular weight is 100 g/mol. The molecule has 42 valence electrons. The van der Waals surface area contributed by atoms with E-state index in [4.69, 9.17) is 5.73 Å². The Kier molecular flexibility index (Phi) is 5.33. The highest BCUT2D eigenvalue weighted by atomic mass is 14.7. The first-order valence-corrected chi connectivity index (χ1v) is 2.56. The molecule has 7 heavy (non-hydrogen) atoms. The fraction of sp³-hybridized carbons (Fsp3) is 0.800. The van der Waals surface area contributed by atoms with Crippen LogP contribution in [0.25, 0.3) is 0 Å². The van der Waals surface area contributed by atoms with Crippen molar-refractivity contribution in [1.29, 1.82) is 0 Å². The van der Waals surface area contributed by atoms with Crippen LogP contribution in [0.3, 0.4) is 0 Å². The Hall–Kier alpha value is -0.370. The molecular formula is C5H12N2. The second-order valence-corrected chi connectivity index (χ2v) is 1.31. The molecule has 0 fully saturated rings. The predicted molar refractivity (Wildman–Crippen MR) is 32.7 cm³/mol. The Morgan fingerprint density at radius 3 is 2.86 bits per heavy atom. The molecule has 0 aliphatic heterocycles. The highest BCUT2D eigenvalue weighted by Gasteiger charge is 1.73. The predicted octanol–water partition coefficient (Wildman–Crippen LogP) is 0.426. The molecule has 0 amide bonds. The lowest BCUT2D eigenvalue weighted by molar-refractivity contribution is 0.847. The molecule has 0 heterocycles. The zero-order chi connectivity index (χ0) is 5.54. The van der Waals surface area contributed by atoms with E-state index in [0.29, 0.717) is 0 Å². The second kappa shape index (κ2) is 5.63. The number of rotatable bonds is 3. The molecule has 0 aromatic heterocycles. The van der Waals surface area contributed by atoms with Gasteiger partial charge in [-0.05, 0) is 26.1 Å². The van der Waals surface area contributed by atoms with Gasteiger partial charge in [-0.1, -0.05) is 0 Å². The largest absolute Gasteiger partial charge is 0.330 e. The van der Waals surface area contributed by atoms with Crippen molar-refractivity contribution >= 4 is 6.21 Å². The lowest BCUT2D eigenvalue weighted by atomic mass is 10.4. The van der Waals surface area contributed by atoms with Crippen LogP contribution >= 0.6 is 0 Å². The second-order valence-electron chi connectivity index (χ2n) is 1.31. The van der Waals surface area contributed by atoms with Gasteiger partial charge in [-0.3, -0.25) is 4.99 Å². The van der Waals surface area contributed by atoms with E-state index in [0.717, 1.165) is 19.5 Å². The Bertz CT molecular complexity index is 50.0. The maximum absolute atomic E-state index is 5.20. The SMILES string of the molecule is C/C=N/CCCN. The van der Waals surface area contributed by atoms with Crippen LogP contribution in [0.2, 0.25) is 0 Å². The molecule has 2 heteroatoms. The van der Waals surface area contributed by atoms with Crippen molar-refractivity contribution in [3.63, 3.8) is 0 Å². The molecule has 0 unspecified atom stereocenters. The maximum atomic E-state index is 5.20. The Balaban J connectivity index is 2.69. The molecule has 0 aromatic rings. The van der Waals surface area contributed by atoms with Crippen LogP contribution in [0, 0.1) is 0 Å². The summed E-state index contributed by atoms with van der Waals surface area (Å²) in [5, 5.41) is 0. The van der Waals surface area contributed by atoms with E-state index in [1.54, 1.807) is 6.21 Å². The molecule has 0 atom stereocenters. The molecule has 0 aliphatic rings. The zero-order valence-electron chi connectivity index (χ0n) is 4.72. The van der Waals surface area contributed by atoms with E-state index < -0.39 is 0 Å². The van der Waals surface area contributed by atoms with E-state index in [-0.39, 0.29) is 0 Å². The standard InChI is InChI=1S/C5H12N2/c1-2-7-5-3-4-6/h2H,3-6H2,1H3/b7-2+. The molecule has 0 aliphatic carbocycles. The fourth-order valence-corrected chi connectivity index (χ4v) is 0.312. The van der Waals surface area contributed by atoms with Crippen LogP contribution in [-0.2, 0) is 0 Å². The third kappa shape index (κ3) is 5.63. The first-order valence-electron chi connectivity index (χ1n) is 2.56. The molecule has 0 aromatic carbocycles. The Morgan fingerprint density at radius 1 is 1.71 bits per heavy atom. The van der Waals surface area contributed by atoms with Crippen molar-refractivity contribution in [3.05, 3.63) is 0 Å². The van der Waals surface area contributed by atoms with Gasteiger partial charge in [0, 0.05) is 6.54 Å². The fourth-order valence-electron chi connectivity index (χ4n) is 0.312. The number of aliphatic imine (C=N–C) groups is 1. The summed E-state index contributed by atoms with van der Waals surface area (Å²) >= 11 is 0. The summed E-state index contributed by atoms with van der Waals surface area (Å²) in [6.07, 6.45) is 2.81. The molecule has 0 spiro atoms. The van der Waals surface area contributed by atoms with Crippen molar-refractivity contribution in [2.75, 3.05) is 13.1 Å². The number of hydrogen-bond donors (Lipinski definition) is 1. The van der Waals surface area contributed by atoms with Gasteiger partial charge in [-0.25, -0.2) is 0 Å². The monoisotopic (exact) mass is 100 g/mol. The van der Waals surface area contributed by atoms with Gasteiger partial charge in [0.25, 0.3) is 0 Å². The van der Waals surface area contributed by atoms with Crippen LogP contribution < -0.4 is 5.73 Å². The van der Waals surface area contributed by atoms with Gasteiger partial charge in [0.15, 0.2) is 0 Å². The quantitative estimate of drug-likeness (QED) is 0.405. The van der Waals surface area contributed by atoms with Gasteiger partial charge in [-0.2, -0.15) is 0 Å². The lowest BCUT2D eigenvalue weighted by Gasteiger charge is -1.84. The van der Waals surface area contributed by atoms with E-state index in [1.165, 1.54) is 0 Å². The van der Waals surface area contributed by atoms with E-state index in [2.05, 4.69) is 4.99 Å². The third-order valence-electron chi connectivity index (χ3n) is 0.674. The van der Waals surface area contributed by atoms with Gasteiger partial charge in [0.1, 0.15) is 0 Å². The van der Waals surface area contributed by atoms with Crippen molar-refractivity contribution < 1.29 is 0 Å². The van der Waals surface area contributed by atoms with E-state index in [9.17, 15) is 0 Å². The summed E-state index contributed by atoms with van der Waals surface area (Å²) in [4.78, 5) is 3.96. The zero-order valence-corrected chi connectivity index (χ0v) is 4.72. The van der Waals surface area contributed by atoms with E-state index >= 15 is 0 Å². The van der Waals surface area contributed by atoms with Gasteiger partial charge in [0.05, 0.1) is 0 Å². The summed E-state index contributed by atoms with van der Waals surface area (Å²) in [5.41, 5.74) is 5.20. The molecule has 2 nitrogen and oxygen atoms in total. The topological polar surface area (TPSA) is 38.4 Å². The first kappa shape index (κ1) is 6.63. The molecular weight excluding hydrogens is 88.1 g/mol. The number of hydrogen-bond acceptors (Lipinski definition) is 2. The summed E-state index contributed by atoms with van der Waals surface area (Å²) in [7, 11) is 0. The highest BCUT2D eigenvalue weighted by molar-refractivity contribution is 5.53. The summed E-state index contributed by atoms with van der Waals surface area (Å²) in [6.45, 7) is 3.54. The summed E-state index contributed by atoms with van der Waals surface area (Å²) < 4.78 is 0. The smallest absolute Gasteiger partial charge is 0.0397 e. The van der Waals surface area contributed by atoms with Gasteiger partial charge in [-0.15, -0.1) is 0 Å².